The Morgan fingerprint density at radius 2 is 1.68 bits per heavy atom. The van der Waals surface area contributed by atoms with Crippen molar-refractivity contribution in [1.29, 1.82) is 0 Å². The lowest BCUT2D eigenvalue weighted by atomic mass is 10.1. The summed E-state index contributed by atoms with van der Waals surface area (Å²) in [5.74, 6) is 1.87. The van der Waals surface area contributed by atoms with E-state index >= 15 is 0 Å². The number of thiazole rings is 1. The third kappa shape index (κ3) is 3.41. The number of non-ortho nitro benzene ring substituents is 1. The molecule has 194 valence electrons. The number of nitrogens with one attached hydrogen (secondary N) is 1. The highest BCUT2D eigenvalue weighted by Gasteiger charge is 2.32. The molecule has 0 bridgehead atoms. The monoisotopic (exact) mass is 546 g/mol. The highest BCUT2D eigenvalue weighted by molar-refractivity contribution is 7.22. The Morgan fingerprint density at radius 1 is 0.875 bits per heavy atom. The van der Waals surface area contributed by atoms with E-state index in [0.717, 1.165) is 26.6 Å². The van der Waals surface area contributed by atoms with Gasteiger partial charge >= 0.3 is 0 Å². The second-order valence-electron chi connectivity index (χ2n) is 9.27. The average Bonchev–Trinajstić information content (AvgIpc) is 3.74. The van der Waals surface area contributed by atoms with E-state index in [-0.39, 0.29) is 17.4 Å². The molecule has 0 amide bonds. The molecule has 0 atom stereocenters. The first-order chi connectivity index (χ1) is 19.6. The standard InChI is InChI=1S/C29H18N6O4S/c36-35(37)23-12-11-22(20-7-3-4-8-21(20)23)33-31-28(18-9-13-24-25(15-18)39-16-38-24)32-34(33)29-30-27-19-6-2-1-5-17(19)10-14-26(27)40-29/h1-15H,16H2,(H,31,32). The van der Waals surface area contributed by atoms with E-state index in [1.807, 2.05) is 42.5 Å². The molecule has 1 aromatic heterocycles. The predicted octanol–water partition coefficient (Wildman–Crippen LogP) is 6.35. The van der Waals surface area contributed by atoms with Crippen LogP contribution in [0.1, 0.15) is 5.56 Å². The third-order valence-corrected chi connectivity index (χ3v) is 7.98. The number of hydrogen-bond donors (Lipinski definition) is 1. The van der Waals surface area contributed by atoms with E-state index in [0.29, 0.717) is 38.9 Å². The minimum absolute atomic E-state index is 0.0319. The maximum atomic E-state index is 11.8. The van der Waals surface area contributed by atoms with Crippen LogP contribution in [0.15, 0.2) is 96.1 Å². The van der Waals surface area contributed by atoms with E-state index < -0.39 is 0 Å². The summed E-state index contributed by atoms with van der Waals surface area (Å²) in [5, 5.41) is 24.2. The Labute approximate surface area is 230 Å². The van der Waals surface area contributed by atoms with E-state index in [4.69, 9.17) is 19.6 Å². The second-order valence-corrected chi connectivity index (χ2v) is 10.3. The number of aromatic nitrogens is 1. The summed E-state index contributed by atoms with van der Waals surface area (Å²) < 4.78 is 12.1. The Hall–Kier alpha value is -5.42. The number of rotatable bonds is 4. The van der Waals surface area contributed by atoms with Gasteiger partial charge in [-0.3, -0.25) is 15.5 Å². The lowest BCUT2D eigenvalue weighted by molar-refractivity contribution is -0.383. The summed E-state index contributed by atoms with van der Waals surface area (Å²) in [6.07, 6.45) is 0. The Bertz CT molecular complexity index is 2040. The maximum Gasteiger partial charge on any atom is 0.277 e. The quantitative estimate of drug-likeness (QED) is 0.202. The second kappa shape index (κ2) is 8.55. The molecule has 40 heavy (non-hydrogen) atoms. The summed E-state index contributed by atoms with van der Waals surface area (Å²) in [6.45, 7) is 0.172. The van der Waals surface area contributed by atoms with Crippen molar-refractivity contribution < 1.29 is 14.4 Å². The van der Waals surface area contributed by atoms with Crippen LogP contribution in [0, 0.1) is 10.1 Å². The number of fused-ring (bicyclic) bond motifs is 5. The molecule has 0 fully saturated rings. The predicted molar refractivity (Wildman–Crippen MR) is 155 cm³/mol. The van der Waals surface area contributed by atoms with E-state index in [9.17, 15) is 10.1 Å². The van der Waals surface area contributed by atoms with Gasteiger partial charge in [0.05, 0.1) is 26.2 Å². The molecule has 0 radical (unpaired) electrons. The van der Waals surface area contributed by atoms with E-state index in [2.05, 4.69) is 29.7 Å². The number of nitrogens with zero attached hydrogens (tertiary/aromatic N) is 5. The molecular weight excluding hydrogens is 528 g/mol. The number of hydrazine groups is 2. The van der Waals surface area contributed by atoms with Crippen molar-refractivity contribution in [2.45, 2.75) is 0 Å². The summed E-state index contributed by atoms with van der Waals surface area (Å²) in [7, 11) is 0. The molecule has 1 N–H and O–H groups in total. The van der Waals surface area contributed by atoms with Crippen LogP contribution < -0.4 is 25.1 Å². The molecule has 6 aromatic rings. The molecule has 3 heterocycles. The van der Waals surface area contributed by atoms with Crippen molar-refractivity contribution in [1.82, 2.24) is 10.4 Å². The maximum absolute atomic E-state index is 11.8. The summed E-state index contributed by atoms with van der Waals surface area (Å²) in [5.41, 5.74) is 5.77. The number of hydrogen-bond acceptors (Lipinski definition) is 10. The van der Waals surface area contributed by atoms with Crippen LogP contribution >= 0.6 is 11.3 Å². The molecule has 2 aliphatic heterocycles. The van der Waals surface area contributed by atoms with E-state index in [1.165, 1.54) is 17.4 Å². The van der Waals surface area contributed by atoms with Gasteiger partial charge in [-0.15, -0.1) is 15.3 Å². The van der Waals surface area contributed by atoms with Crippen LogP contribution in [0.2, 0.25) is 0 Å². The molecular formula is C29H18N6O4S. The molecule has 0 spiro atoms. The lowest BCUT2D eigenvalue weighted by Gasteiger charge is -2.26. The Kier molecular flexibility index (Phi) is 4.82. The first-order valence-corrected chi connectivity index (χ1v) is 13.3. The van der Waals surface area contributed by atoms with Crippen molar-refractivity contribution in [2.75, 3.05) is 17.0 Å². The minimum atomic E-state index is -0.369. The van der Waals surface area contributed by atoms with Crippen molar-refractivity contribution in [3.8, 4) is 11.5 Å². The molecule has 0 saturated heterocycles. The Morgan fingerprint density at radius 3 is 2.55 bits per heavy atom. The normalized spacial score (nSPS) is 14.2. The largest absolute Gasteiger partial charge is 0.454 e. The zero-order chi connectivity index (χ0) is 26.8. The smallest absolute Gasteiger partial charge is 0.277 e. The number of ether oxygens (including phenoxy) is 2. The van der Waals surface area contributed by atoms with Gasteiger partial charge in [-0.25, -0.2) is 4.98 Å². The third-order valence-electron chi connectivity index (χ3n) is 6.99. The van der Waals surface area contributed by atoms with Crippen molar-refractivity contribution >= 4 is 65.4 Å². The highest BCUT2D eigenvalue weighted by Crippen LogP contribution is 2.40. The van der Waals surface area contributed by atoms with Crippen molar-refractivity contribution in [3.05, 3.63) is 107 Å². The average molecular weight is 547 g/mol. The number of benzene rings is 5. The summed E-state index contributed by atoms with van der Waals surface area (Å²) in [4.78, 5) is 16.4. The number of amidine groups is 1. The fraction of sp³-hybridized carbons (Fsp3) is 0.0345. The fourth-order valence-electron chi connectivity index (χ4n) is 5.11. The van der Waals surface area contributed by atoms with Gasteiger partial charge in [0.1, 0.15) is 0 Å². The van der Waals surface area contributed by atoms with Crippen LogP contribution in [0.3, 0.4) is 0 Å². The fourth-order valence-corrected chi connectivity index (χ4v) is 6.04. The SMILES string of the molecule is O=[N+]([O-])c1ccc(N2N=C(c3ccc4c(c3)OCO4)NN2c2nc3c(ccc4ccccc43)s2)c2ccccc12. The van der Waals surface area contributed by atoms with Crippen LogP contribution in [0.25, 0.3) is 31.8 Å². The topological polar surface area (TPSA) is 105 Å². The van der Waals surface area contributed by atoms with Crippen LogP contribution in [-0.4, -0.2) is 22.5 Å². The molecule has 10 nitrogen and oxygen atoms in total. The minimum Gasteiger partial charge on any atom is -0.454 e. The zero-order valence-electron chi connectivity index (χ0n) is 20.6. The number of hydrazone groups is 1. The summed E-state index contributed by atoms with van der Waals surface area (Å²) in [6, 6.07) is 28.4. The lowest BCUT2D eigenvalue weighted by Crippen LogP contribution is -2.44. The molecule has 5 aromatic carbocycles. The first-order valence-electron chi connectivity index (χ1n) is 12.4. The van der Waals surface area contributed by atoms with Gasteiger partial charge in [0, 0.05) is 22.4 Å². The van der Waals surface area contributed by atoms with Crippen LogP contribution in [0.4, 0.5) is 16.5 Å². The van der Waals surface area contributed by atoms with Crippen LogP contribution in [-0.2, 0) is 0 Å². The van der Waals surface area contributed by atoms with Gasteiger partial charge in [-0.05, 0) is 41.8 Å². The highest BCUT2D eigenvalue weighted by atomic mass is 32.1. The van der Waals surface area contributed by atoms with Gasteiger partial charge in [0.15, 0.2) is 17.3 Å². The number of anilines is 2. The van der Waals surface area contributed by atoms with Gasteiger partial charge in [-0.1, -0.05) is 59.9 Å². The van der Waals surface area contributed by atoms with E-state index in [1.54, 1.807) is 28.4 Å². The molecule has 0 aliphatic carbocycles. The van der Waals surface area contributed by atoms with Gasteiger partial charge in [0.25, 0.3) is 5.69 Å². The van der Waals surface area contributed by atoms with Crippen molar-refractivity contribution in [2.24, 2.45) is 5.10 Å². The molecule has 8 rings (SSSR count). The van der Waals surface area contributed by atoms with Crippen LogP contribution in [0.5, 0.6) is 11.5 Å². The zero-order valence-corrected chi connectivity index (χ0v) is 21.5. The first kappa shape index (κ1) is 22.6. The van der Waals surface area contributed by atoms with Gasteiger partial charge < -0.3 is 9.47 Å². The number of nitro groups is 1. The van der Waals surface area contributed by atoms with Gasteiger partial charge in [-0.2, -0.15) is 0 Å². The molecule has 11 heteroatoms. The van der Waals surface area contributed by atoms with Crippen molar-refractivity contribution in [3.63, 3.8) is 0 Å². The van der Waals surface area contributed by atoms with Gasteiger partial charge in [0.2, 0.25) is 11.9 Å². The number of nitro benzene ring substituents is 1. The molecule has 0 saturated carbocycles. The molecule has 0 unspecified atom stereocenters. The molecule has 2 aliphatic rings. The summed E-state index contributed by atoms with van der Waals surface area (Å²) >= 11 is 1.52. The Balaban J connectivity index is 1.31.